The second-order valence-corrected chi connectivity index (χ2v) is 4.77. The number of hydrogen-bond acceptors (Lipinski definition) is 3. The third-order valence-corrected chi connectivity index (χ3v) is 3.58. The highest BCUT2D eigenvalue weighted by Crippen LogP contribution is 2.29. The van der Waals surface area contributed by atoms with Crippen LogP contribution < -0.4 is 5.73 Å². The van der Waals surface area contributed by atoms with Gasteiger partial charge < -0.3 is 5.73 Å². The van der Waals surface area contributed by atoms with Gasteiger partial charge in [-0.25, -0.2) is 9.97 Å². The van der Waals surface area contributed by atoms with Gasteiger partial charge in [-0.1, -0.05) is 60.7 Å². The summed E-state index contributed by atoms with van der Waals surface area (Å²) in [7, 11) is 1.50. The zero-order chi connectivity index (χ0) is 15.4. The average molecular weight is 287 g/mol. The summed E-state index contributed by atoms with van der Waals surface area (Å²) >= 11 is 0. The summed E-state index contributed by atoms with van der Waals surface area (Å²) in [5, 5.41) is 3.47. The van der Waals surface area contributed by atoms with Crippen LogP contribution in [0.15, 0.2) is 73.1 Å². The third-order valence-electron chi connectivity index (χ3n) is 3.58. The van der Waals surface area contributed by atoms with Gasteiger partial charge in [0, 0.05) is 16.3 Å². The smallest absolute Gasteiger partial charge is 0.116 e. The lowest BCUT2D eigenvalue weighted by Gasteiger charge is -2.07. The number of rotatable bonds is 1. The van der Waals surface area contributed by atoms with E-state index in [0.717, 1.165) is 22.2 Å². The van der Waals surface area contributed by atoms with Crippen LogP contribution in [0.25, 0.3) is 32.9 Å². The topological polar surface area (TPSA) is 51.8 Å². The molecule has 0 saturated carbocycles. The maximum Gasteiger partial charge on any atom is 0.116 e. The summed E-state index contributed by atoms with van der Waals surface area (Å²) < 4.78 is 0. The minimum Gasteiger partial charge on any atom is -0.333 e. The summed E-state index contributed by atoms with van der Waals surface area (Å²) in [6.45, 7) is 0. The minimum absolute atomic E-state index is 0.987. The summed E-state index contributed by atoms with van der Waals surface area (Å²) in [4.78, 5) is 8.96. The Hall–Kier alpha value is -2.78. The first kappa shape index (κ1) is 14.2. The van der Waals surface area contributed by atoms with Crippen LogP contribution in [-0.2, 0) is 0 Å². The Morgan fingerprint density at radius 3 is 2.23 bits per heavy atom. The van der Waals surface area contributed by atoms with E-state index in [-0.39, 0.29) is 0 Å². The quantitative estimate of drug-likeness (QED) is 0.538. The molecule has 0 saturated heterocycles. The number of aromatic nitrogens is 2. The molecule has 0 aliphatic rings. The largest absolute Gasteiger partial charge is 0.333 e. The van der Waals surface area contributed by atoms with E-state index in [1.165, 1.54) is 17.8 Å². The molecule has 0 aliphatic heterocycles. The number of nitrogens with two attached hydrogens (primary N) is 1. The van der Waals surface area contributed by atoms with Crippen molar-refractivity contribution in [1.29, 1.82) is 0 Å². The Bertz CT molecular complexity index is 902. The van der Waals surface area contributed by atoms with Crippen molar-refractivity contribution in [3.05, 3.63) is 73.1 Å². The van der Waals surface area contributed by atoms with E-state index < -0.39 is 0 Å². The molecule has 3 heteroatoms. The predicted octanol–water partition coefficient (Wildman–Crippen LogP) is 4.02. The molecule has 0 aliphatic carbocycles. The molecule has 0 unspecified atom stereocenters. The standard InChI is InChI=1S/C18H12N2.CH5N/c1-2-7-14(8-3-1)17-16-11-10-13-6-4-5-9-15(13)18(16)20-12-19-17;1-2/h1-12H;2H2,1H3. The molecule has 1 aromatic heterocycles. The van der Waals surface area contributed by atoms with Crippen LogP contribution in [-0.4, -0.2) is 17.0 Å². The van der Waals surface area contributed by atoms with Gasteiger partial charge in [0.25, 0.3) is 0 Å². The average Bonchev–Trinajstić information content (AvgIpc) is 2.63. The lowest BCUT2D eigenvalue weighted by molar-refractivity contribution is 1.23. The zero-order valence-electron chi connectivity index (χ0n) is 12.4. The summed E-state index contributed by atoms with van der Waals surface area (Å²) in [6, 6.07) is 22.8. The van der Waals surface area contributed by atoms with E-state index in [4.69, 9.17) is 0 Å². The summed E-state index contributed by atoms with van der Waals surface area (Å²) in [5.74, 6) is 0. The fourth-order valence-corrected chi connectivity index (χ4v) is 2.63. The molecule has 4 aromatic rings. The molecule has 0 atom stereocenters. The number of hydrogen-bond donors (Lipinski definition) is 1. The van der Waals surface area contributed by atoms with E-state index in [9.17, 15) is 0 Å². The highest BCUT2D eigenvalue weighted by molar-refractivity contribution is 6.08. The van der Waals surface area contributed by atoms with Crippen molar-refractivity contribution >= 4 is 21.7 Å². The maximum absolute atomic E-state index is 4.50. The van der Waals surface area contributed by atoms with Gasteiger partial charge in [0.05, 0.1) is 11.2 Å². The monoisotopic (exact) mass is 287 g/mol. The molecule has 0 spiro atoms. The Morgan fingerprint density at radius 1 is 0.682 bits per heavy atom. The Labute approximate surface area is 129 Å². The van der Waals surface area contributed by atoms with E-state index in [2.05, 4.69) is 52.1 Å². The van der Waals surface area contributed by atoms with Crippen molar-refractivity contribution in [1.82, 2.24) is 9.97 Å². The van der Waals surface area contributed by atoms with Crippen LogP contribution >= 0.6 is 0 Å². The van der Waals surface area contributed by atoms with E-state index in [1.807, 2.05) is 30.3 Å². The van der Waals surface area contributed by atoms with Crippen LogP contribution in [0, 0.1) is 0 Å². The Kier molecular flexibility index (Phi) is 4.08. The zero-order valence-corrected chi connectivity index (χ0v) is 12.4. The van der Waals surface area contributed by atoms with E-state index in [0.29, 0.717) is 0 Å². The second kappa shape index (κ2) is 6.33. The van der Waals surface area contributed by atoms with Gasteiger partial charge in [-0.05, 0) is 18.5 Å². The van der Waals surface area contributed by atoms with Crippen molar-refractivity contribution in [3.63, 3.8) is 0 Å². The van der Waals surface area contributed by atoms with Gasteiger partial charge in [-0.15, -0.1) is 0 Å². The predicted molar refractivity (Wildman–Crippen MR) is 92.6 cm³/mol. The Morgan fingerprint density at radius 2 is 1.41 bits per heavy atom. The van der Waals surface area contributed by atoms with Gasteiger partial charge in [-0.3, -0.25) is 0 Å². The highest BCUT2D eigenvalue weighted by atomic mass is 14.8. The van der Waals surface area contributed by atoms with Crippen molar-refractivity contribution < 1.29 is 0 Å². The van der Waals surface area contributed by atoms with E-state index >= 15 is 0 Å². The van der Waals surface area contributed by atoms with Crippen LogP contribution in [0.3, 0.4) is 0 Å². The molecule has 3 aromatic carbocycles. The lowest BCUT2D eigenvalue weighted by atomic mass is 10.0. The normalized spacial score (nSPS) is 10.3. The molecule has 0 bridgehead atoms. The molecule has 2 N–H and O–H groups in total. The first-order chi connectivity index (χ1) is 10.9. The number of fused-ring (bicyclic) bond motifs is 3. The van der Waals surface area contributed by atoms with Crippen LogP contribution in [0.2, 0.25) is 0 Å². The van der Waals surface area contributed by atoms with Crippen molar-refractivity contribution in [2.75, 3.05) is 7.05 Å². The SMILES string of the molecule is CN.c1ccc(-c2ncnc3c2ccc2ccccc23)cc1. The molecule has 4 rings (SSSR count). The van der Waals surface area contributed by atoms with Gasteiger partial charge in [-0.2, -0.15) is 0 Å². The van der Waals surface area contributed by atoms with Crippen LogP contribution in [0.4, 0.5) is 0 Å². The molecule has 0 fully saturated rings. The van der Waals surface area contributed by atoms with Crippen LogP contribution in [0.1, 0.15) is 0 Å². The number of nitrogens with zero attached hydrogens (tertiary/aromatic N) is 2. The van der Waals surface area contributed by atoms with Gasteiger partial charge in [0.15, 0.2) is 0 Å². The first-order valence-electron chi connectivity index (χ1n) is 7.19. The molecule has 3 nitrogen and oxygen atoms in total. The van der Waals surface area contributed by atoms with E-state index in [1.54, 1.807) is 6.33 Å². The highest BCUT2D eigenvalue weighted by Gasteiger charge is 2.08. The minimum atomic E-state index is 0.987. The van der Waals surface area contributed by atoms with Crippen molar-refractivity contribution in [3.8, 4) is 11.3 Å². The van der Waals surface area contributed by atoms with Gasteiger partial charge in [0.2, 0.25) is 0 Å². The molecule has 0 radical (unpaired) electrons. The molecular weight excluding hydrogens is 270 g/mol. The number of benzene rings is 3. The molecule has 0 amide bonds. The Balaban J connectivity index is 0.000000693. The lowest BCUT2D eigenvalue weighted by Crippen LogP contribution is -1.89. The van der Waals surface area contributed by atoms with Gasteiger partial charge in [0.1, 0.15) is 6.33 Å². The molecular formula is C19H17N3. The molecule has 22 heavy (non-hydrogen) atoms. The molecule has 108 valence electrons. The second-order valence-electron chi connectivity index (χ2n) is 4.77. The molecule has 1 heterocycles. The van der Waals surface area contributed by atoms with Crippen LogP contribution in [0.5, 0.6) is 0 Å². The third kappa shape index (κ3) is 2.43. The van der Waals surface area contributed by atoms with Crippen molar-refractivity contribution in [2.45, 2.75) is 0 Å². The fraction of sp³-hybridized carbons (Fsp3) is 0.0526. The maximum atomic E-state index is 4.50. The fourth-order valence-electron chi connectivity index (χ4n) is 2.63. The first-order valence-corrected chi connectivity index (χ1v) is 7.19. The van der Waals surface area contributed by atoms with Gasteiger partial charge >= 0.3 is 0 Å². The summed E-state index contributed by atoms with van der Waals surface area (Å²) in [5.41, 5.74) is 7.62. The summed E-state index contributed by atoms with van der Waals surface area (Å²) in [6.07, 6.45) is 1.65. The van der Waals surface area contributed by atoms with Crippen molar-refractivity contribution in [2.24, 2.45) is 5.73 Å².